The summed E-state index contributed by atoms with van der Waals surface area (Å²) >= 11 is 0. The first-order valence-corrected chi connectivity index (χ1v) is 7.13. The van der Waals surface area contributed by atoms with Crippen LogP contribution in [0.4, 0.5) is 0 Å². The minimum atomic E-state index is 0.175. The molecular weight excluding hydrogens is 234 g/mol. The maximum Gasteiger partial charge on any atom is 0.184 e. The van der Waals surface area contributed by atoms with Gasteiger partial charge in [0, 0.05) is 17.5 Å². The fourth-order valence-electron chi connectivity index (χ4n) is 3.03. The van der Waals surface area contributed by atoms with Crippen molar-refractivity contribution in [3.05, 3.63) is 42.2 Å². The second-order valence-corrected chi connectivity index (χ2v) is 5.70. The van der Waals surface area contributed by atoms with Gasteiger partial charge in [0.1, 0.15) is 5.69 Å². The number of carbonyl (C=O) groups is 1. The van der Waals surface area contributed by atoms with Crippen molar-refractivity contribution in [3.63, 3.8) is 0 Å². The molecule has 0 atom stereocenters. The van der Waals surface area contributed by atoms with E-state index in [0.29, 0.717) is 5.69 Å². The zero-order valence-corrected chi connectivity index (χ0v) is 11.3. The van der Waals surface area contributed by atoms with Crippen LogP contribution in [0, 0.1) is 11.8 Å². The smallest absolute Gasteiger partial charge is 0.184 e. The molecule has 1 saturated carbocycles. The van der Waals surface area contributed by atoms with E-state index < -0.39 is 0 Å². The molecule has 1 aromatic heterocycles. The van der Waals surface area contributed by atoms with Gasteiger partial charge in [-0.25, -0.2) is 0 Å². The van der Waals surface area contributed by atoms with Gasteiger partial charge < -0.3 is 0 Å². The molecule has 19 heavy (non-hydrogen) atoms. The van der Waals surface area contributed by atoms with E-state index in [1.807, 2.05) is 30.3 Å². The van der Waals surface area contributed by atoms with Crippen LogP contribution < -0.4 is 0 Å². The van der Waals surface area contributed by atoms with Crippen LogP contribution in [0.1, 0.15) is 43.1 Å². The summed E-state index contributed by atoms with van der Waals surface area (Å²) in [6.45, 7) is 2.27. The highest BCUT2D eigenvalue weighted by molar-refractivity contribution is 6.07. The summed E-state index contributed by atoms with van der Waals surface area (Å²) in [6, 6.07) is 9.98. The Balaban J connectivity index is 1.93. The summed E-state index contributed by atoms with van der Waals surface area (Å²) in [5.74, 6) is 1.18. The second kappa shape index (κ2) is 5.12. The molecule has 0 radical (unpaired) electrons. The normalized spacial score (nSPS) is 23.4. The van der Waals surface area contributed by atoms with E-state index in [9.17, 15) is 4.79 Å². The number of ketones is 1. The number of hydrogen-bond acceptors (Lipinski definition) is 2. The van der Waals surface area contributed by atoms with E-state index in [0.717, 1.165) is 29.5 Å². The Labute approximate surface area is 113 Å². The molecule has 0 aliphatic heterocycles. The van der Waals surface area contributed by atoms with Gasteiger partial charge in [-0.1, -0.05) is 44.0 Å². The fraction of sp³-hybridized carbons (Fsp3) is 0.412. The molecule has 0 bridgehead atoms. The quantitative estimate of drug-likeness (QED) is 0.749. The summed E-state index contributed by atoms with van der Waals surface area (Å²) in [4.78, 5) is 17.0. The molecule has 1 aromatic carbocycles. The number of carbonyl (C=O) groups excluding carboxylic acids is 1. The summed E-state index contributed by atoms with van der Waals surface area (Å²) < 4.78 is 0. The molecule has 0 saturated heterocycles. The van der Waals surface area contributed by atoms with Crippen LogP contribution in [-0.2, 0) is 0 Å². The third-order valence-electron chi connectivity index (χ3n) is 4.29. The molecule has 1 aliphatic rings. The van der Waals surface area contributed by atoms with Crippen molar-refractivity contribution in [2.45, 2.75) is 32.6 Å². The highest BCUT2D eigenvalue weighted by atomic mass is 16.1. The molecule has 2 nitrogen and oxygen atoms in total. The molecule has 2 aromatic rings. The fourth-order valence-corrected chi connectivity index (χ4v) is 3.03. The van der Waals surface area contributed by atoms with Crippen LogP contribution in [0.3, 0.4) is 0 Å². The van der Waals surface area contributed by atoms with Gasteiger partial charge in [0.05, 0.1) is 0 Å². The number of pyridine rings is 1. The number of aromatic nitrogens is 1. The minimum Gasteiger partial charge on any atom is -0.292 e. The lowest BCUT2D eigenvalue weighted by molar-refractivity contribution is 0.0872. The Hall–Kier alpha value is -1.70. The molecular formula is C17H19NO. The Morgan fingerprint density at radius 3 is 2.63 bits per heavy atom. The average molecular weight is 253 g/mol. The first kappa shape index (κ1) is 12.3. The highest BCUT2D eigenvalue weighted by Gasteiger charge is 2.26. The van der Waals surface area contributed by atoms with Gasteiger partial charge in [0.15, 0.2) is 5.78 Å². The molecule has 0 amide bonds. The van der Waals surface area contributed by atoms with E-state index in [1.165, 1.54) is 12.8 Å². The molecule has 0 N–H and O–H groups in total. The van der Waals surface area contributed by atoms with Gasteiger partial charge in [-0.15, -0.1) is 0 Å². The Kier molecular flexibility index (Phi) is 3.33. The lowest BCUT2D eigenvalue weighted by Gasteiger charge is -2.25. The maximum absolute atomic E-state index is 12.7. The zero-order valence-electron chi connectivity index (χ0n) is 11.3. The Bertz CT molecular complexity index is 592. The SMILES string of the molecule is CC1CCC(C(=O)c2nccc3ccccc23)CC1. The minimum absolute atomic E-state index is 0.175. The number of hydrogen-bond donors (Lipinski definition) is 0. The first-order valence-electron chi connectivity index (χ1n) is 7.13. The monoisotopic (exact) mass is 253 g/mol. The maximum atomic E-state index is 12.7. The van der Waals surface area contributed by atoms with Gasteiger partial charge in [-0.05, 0) is 30.2 Å². The van der Waals surface area contributed by atoms with Crippen molar-refractivity contribution < 1.29 is 4.79 Å². The number of benzene rings is 1. The summed E-state index contributed by atoms with van der Waals surface area (Å²) in [7, 11) is 0. The third-order valence-corrected chi connectivity index (χ3v) is 4.29. The number of fused-ring (bicyclic) bond motifs is 1. The zero-order chi connectivity index (χ0) is 13.2. The largest absolute Gasteiger partial charge is 0.292 e. The van der Waals surface area contributed by atoms with Crippen LogP contribution in [0.25, 0.3) is 10.8 Å². The molecule has 1 heterocycles. The molecule has 1 fully saturated rings. The number of Topliss-reactive ketones (excluding diaryl/α,β-unsaturated/α-hetero) is 1. The molecule has 0 spiro atoms. The van der Waals surface area contributed by atoms with Crippen LogP contribution in [0.15, 0.2) is 36.5 Å². The third kappa shape index (κ3) is 2.40. The summed E-state index contributed by atoms with van der Waals surface area (Å²) in [5, 5.41) is 2.10. The van der Waals surface area contributed by atoms with Crippen molar-refractivity contribution in [3.8, 4) is 0 Å². The molecule has 2 heteroatoms. The van der Waals surface area contributed by atoms with Crippen molar-refractivity contribution in [2.75, 3.05) is 0 Å². The standard InChI is InChI=1S/C17H19NO/c1-12-6-8-14(9-7-12)17(19)16-15-5-3-2-4-13(15)10-11-18-16/h2-5,10-12,14H,6-9H2,1H3. The molecule has 1 aliphatic carbocycles. The van der Waals surface area contributed by atoms with E-state index in [-0.39, 0.29) is 11.7 Å². The lowest BCUT2D eigenvalue weighted by atomic mass is 9.80. The highest BCUT2D eigenvalue weighted by Crippen LogP contribution is 2.31. The van der Waals surface area contributed by atoms with E-state index in [1.54, 1.807) is 6.20 Å². The first-order chi connectivity index (χ1) is 9.25. The van der Waals surface area contributed by atoms with Crippen LogP contribution in [-0.4, -0.2) is 10.8 Å². The van der Waals surface area contributed by atoms with Crippen LogP contribution >= 0.6 is 0 Å². The Morgan fingerprint density at radius 2 is 1.84 bits per heavy atom. The van der Waals surface area contributed by atoms with Gasteiger partial charge >= 0.3 is 0 Å². The molecule has 0 unspecified atom stereocenters. The predicted octanol–water partition coefficient (Wildman–Crippen LogP) is 4.24. The number of rotatable bonds is 2. The Morgan fingerprint density at radius 1 is 1.11 bits per heavy atom. The van der Waals surface area contributed by atoms with Gasteiger partial charge in [-0.3, -0.25) is 9.78 Å². The van der Waals surface area contributed by atoms with Gasteiger partial charge in [-0.2, -0.15) is 0 Å². The van der Waals surface area contributed by atoms with E-state index in [2.05, 4.69) is 11.9 Å². The summed E-state index contributed by atoms with van der Waals surface area (Å²) in [6.07, 6.45) is 6.12. The van der Waals surface area contributed by atoms with Crippen LogP contribution in [0.5, 0.6) is 0 Å². The van der Waals surface area contributed by atoms with Crippen molar-refractivity contribution in [1.29, 1.82) is 0 Å². The van der Waals surface area contributed by atoms with Crippen LogP contribution in [0.2, 0.25) is 0 Å². The predicted molar refractivity (Wildman–Crippen MR) is 77.2 cm³/mol. The molecule has 98 valence electrons. The molecule has 3 rings (SSSR count). The lowest BCUT2D eigenvalue weighted by Crippen LogP contribution is -2.22. The van der Waals surface area contributed by atoms with Crippen molar-refractivity contribution in [2.24, 2.45) is 11.8 Å². The van der Waals surface area contributed by atoms with E-state index in [4.69, 9.17) is 0 Å². The van der Waals surface area contributed by atoms with Gasteiger partial charge in [0.2, 0.25) is 0 Å². The topological polar surface area (TPSA) is 30.0 Å². The second-order valence-electron chi connectivity index (χ2n) is 5.70. The van der Waals surface area contributed by atoms with E-state index >= 15 is 0 Å². The number of nitrogens with zero attached hydrogens (tertiary/aromatic N) is 1. The van der Waals surface area contributed by atoms with Crippen molar-refractivity contribution >= 4 is 16.6 Å². The summed E-state index contributed by atoms with van der Waals surface area (Å²) in [5.41, 5.74) is 0.664. The van der Waals surface area contributed by atoms with Gasteiger partial charge in [0.25, 0.3) is 0 Å². The average Bonchev–Trinajstić information content (AvgIpc) is 2.47. The van der Waals surface area contributed by atoms with Crippen molar-refractivity contribution in [1.82, 2.24) is 4.98 Å².